The first-order valence-corrected chi connectivity index (χ1v) is 7.42. The molecule has 1 aromatic carbocycles. The van der Waals surface area contributed by atoms with Crippen molar-refractivity contribution in [3.63, 3.8) is 0 Å². The van der Waals surface area contributed by atoms with Gasteiger partial charge in [-0.3, -0.25) is 30.4 Å². The number of nitro benzene ring substituents is 2. The maximum absolute atomic E-state index is 11.3. The highest BCUT2D eigenvalue weighted by Gasteiger charge is 2.35. The van der Waals surface area contributed by atoms with Crippen molar-refractivity contribution in [2.24, 2.45) is 11.0 Å². The summed E-state index contributed by atoms with van der Waals surface area (Å²) in [5.41, 5.74) is 1.02. The Morgan fingerprint density at radius 1 is 1.24 bits per heavy atom. The van der Waals surface area contributed by atoms with Gasteiger partial charge < -0.3 is 4.74 Å². The number of hydrogen-bond acceptors (Lipinski definition) is 8. The van der Waals surface area contributed by atoms with E-state index in [4.69, 9.17) is 4.74 Å². The smallest absolute Gasteiger partial charge is 0.303 e. The van der Waals surface area contributed by atoms with Gasteiger partial charge in [0, 0.05) is 13.0 Å². The van der Waals surface area contributed by atoms with E-state index in [1.807, 2.05) is 13.8 Å². The zero-order chi connectivity index (χ0) is 19.4. The molecule has 0 radical (unpaired) electrons. The standard InChI is InChI=1S/C15H20N4O6/c1-9(2)15(5,25-11(4)20)10(3)16-17-13-7-6-12(18(21)22)8-14(13)19(23)24/h6-9,17H,1-5H3/b16-10+. The number of nitrogens with zero attached hydrogens (tertiary/aromatic N) is 3. The third kappa shape index (κ3) is 4.72. The van der Waals surface area contributed by atoms with Crippen molar-refractivity contribution in [1.82, 2.24) is 0 Å². The van der Waals surface area contributed by atoms with Crippen molar-refractivity contribution >= 4 is 28.7 Å². The van der Waals surface area contributed by atoms with Crippen molar-refractivity contribution in [3.8, 4) is 0 Å². The van der Waals surface area contributed by atoms with E-state index in [2.05, 4.69) is 10.5 Å². The molecule has 0 saturated carbocycles. The fourth-order valence-corrected chi connectivity index (χ4v) is 2.04. The van der Waals surface area contributed by atoms with E-state index < -0.39 is 32.8 Å². The molecule has 1 N–H and O–H groups in total. The Kier molecular flexibility index (Phi) is 6.15. The maximum Gasteiger partial charge on any atom is 0.303 e. The molecule has 1 unspecified atom stereocenters. The lowest BCUT2D eigenvalue weighted by atomic mass is 9.88. The van der Waals surface area contributed by atoms with Crippen molar-refractivity contribution in [3.05, 3.63) is 38.4 Å². The number of esters is 1. The number of ether oxygens (including phenoxy) is 1. The summed E-state index contributed by atoms with van der Waals surface area (Å²) in [6, 6.07) is 3.18. The van der Waals surface area contributed by atoms with Gasteiger partial charge in [-0.1, -0.05) is 13.8 Å². The third-order valence-electron chi connectivity index (χ3n) is 3.91. The number of hydrogen-bond donors (Lipinski definition) is 1. The fourth-order valence-electron chi connectivity index (χ4n) is 2.04. The second kappa shape index (κ2) is 7.69. The van der Waals surface area contributed by atoms with Crippen LogP contribution >= 0.6 is 0 Å². The van der Waals surface area contributed by atoms with Crippen LogP contribution in [0.15, 0.2) is 23.3 Å². The number of rotatable bonds is 7. The van der Waals surface area contributed by atoms with Crippen LogP contribution in [0.5, 0.6) is 0 Å². The van der Waals surface area contributed by atoms with E-state index in [9.17, 15) is 25.0 Å². The van der Waals surface area contributed by atoms with Crippen molar-refractivity contribution in [1.29, 1.82) is 0 Å². The molecule has 136 valence electrons. The van der Waals surface area contributed by atoms with Crippen LogP contribution in [0.4, 0.5) is 17.1 Å². The molecule has 10 nitrogen and oxygen atoms in total. The summed E-state index contributed by atoms with van der Waals surface area (Å²) in [6.07, 6.45) is 0. The molecule has 0 heterocycles. The Labute approximate surface area is 144 Å². The summed E-state index contributed by atoms with van der Waals surface area (Å²) in [7, 11) is 0. The molecule has 25 heavy (non-hydrogen) atoms. The fraction of sp³-hybridized carbons (Fsp3) is 0.467. The zero-order valence-corrected chi connectivity index (χ0v) is 14.6. The Hall–Kier alpha value is -3.04. The van der Waals surface area contributed by atoms with E-state index in [1.54, 1.807) is 13.8 Å². The molecule has 1 atom stereocenters. The quantitative estimate of drug-likeness (QED) is 0.344. The highest BCUT2D eigenvalue weighted by molar-refractivity contribution is 5.92. The second-order valence-electron chi connectivity index (χ2n) is 5.88. The molecule has 0 bridgehead atoms. The molecule has 0 aliphatic rings. The average Bonchev–Trinajstić information content (AvgIpc) is 2.51. The molecule has 0 saturated heterocycles. The van der Waals surface area contributed by atoms with Gasteiger partial charge in [0.1, 0.15) is 5.69 Å². The Morgan fingerprint density at radius 2 is 1.84 bits per heavy atom. The van der Waals surface area contributed by atoms with E-state index in [0.29, 0.717) is 5.71 Å². The van der Waals surface area contributed by atoms with Gasteiger partial charge in [-0.15, -0.1) is 0 Å². The molecular formula is C15H20N4O6. The van der Waals surface area contributed by atoms with Gasteiger partial charge in [0.2, 0.25) is 0 Å². The first-order chi connectivity index (χ1) is 11.5. The van der Waals surface area contributed by atoms with E-state index >= 15 is 0 Å². The van der Waals surface area contributed by atoms with Crippen molar-refractivity contribution in [2.45, 2.75) is 40.2 Å². The molecular weight excluding hydrogens is 332 g/mol. The van der Waals surface area contributed by atoms with Crippen LogP contribution in [0.1, 0.15) is 34.6 Å². The van der Waals surface area contributed by atoms with Crippen LogP contribution in [0, 0.1) is 26.1 Å². The number of nitro groups is 2. The van der Waals surface area contributed by atoms with Crippen molar-refractivity contribution < 1.29 is 19.4 Å². The Morgan fingerprint density at radius 3 is 2.28 bits per heavy atom. The van der Waals surface area contributed by atoms with Crippen LogP contribution in [-0.4, -0.2) is 27.1 Å². The first-order valence-electron chi connectivity index (χ1n) is 7.42. The minimum absolute atomic E-state index is 0.0103. The van der Waals surface area contributed by atoms with Gasteiger partial charge >= 0.3 is 11.7 Å². The average molecular weight is 352 g/mol. The highest BCUT2D eigenvalue weighted by atomic mass is 16.6. The number of non-ortho nitro benzene ring substituents is 1. The van der Waals surface area contributed by atoms with Gasteiger partial charge in [-0.25, -0.2) is 0 Å². The van der Waals surface area contributed by atoms with E-state index in [0.717, 1.165) is 12.1 Å². The van der Waals surface area contributed by atoms with Crippen LogP contribution in [0.25, 0.3) is 0 Å². The SMILES string of the molecule is CC(=O)OC(C)(/C(C)=N/Nc1ccc([N+](=O)[O-])cc1[N+](=O)[O-])C(C)C. The molecule has 10 heteroatoms. The van der Waals surface area contributed by atoms with Gasteiger partial charge in [-0.2, -0.15) is 5.10 Å². The van der Waals surface area contributed by atoms with Crippen LogP contribution in [-0.2, 0) is 9.53 Å². The summed E-state index contributed by atoms with van der Waals surface area (Å²) >= 11 is 0. The lowest BCUT2D eigenvalue weighted by Gasteiger charge is -2.32. The Balaban J connectivity index is 3.20. The van der Waals surface area contributed by atoms with E-state index in [1.165, 1.54) is 13.0 Å². The van der Waals surface area contributed by atoms with Gasteiger partial charge in [-0.05, 0) is 25.8 Å². The molecule has 0 amide bonds. The normalized spacial score (nSPS) is 13.9. The van der Waals surface area contributed by atoms with Crippen molar-refractivity contribution in [2.75, 3.05) is 5.43 Å². The molecule has 0 spiro atoms. The lowest BCUT2D eigenvalue weighted by Crippen LogP contribution is -2.43. The number of benzene rings is 1. The van der Waals surface area contributed by atoms with E-state index in [-0.39, 0.29) is 11.6 Å². The molecule has 1 rings (SSSR count). The minimum atomic E-state index is -1.01. The summed E-state index contributed by atoms with van der Waals surface area (Å²) in [4.78, 5) is 31.7. The third-order valence-corrected chi connectivity index (χ3v) is 3.91. The summed E-state index contributed by atoms with van der Waals surface area (Å²) in [5.74, 6) is -0.583. The predicted octanol–water partition coefficient (Wildman–Crippen LogP) is 3.27. The molecule has 0 aromatic heterocycles. The monoisotopic (exact) mass is 352 g/mol. The predicted molar refractivity (Wildman–Crippen MR) is 91.5 cm³/mol. The second-order valence-corrected chi connectivity index (χ2v) is 5.88. The van der Waals surface area contributed by atoms with Crippen LogP contribution in [0.3, 0.4) is 0 Å². The molecule has 0 fully saturated rings. The summed E-state index contributed by atoms with van der Waals surface area (Å²) in [5, 5.41) is 25.9. The summed E-state index contributed by atoms with van der Waals surface area (Å²) < 4.78 is 5.34. The number of hydrazone groups is 1. The van der Waals surface area contributed by atoms with Gasteiger partial charge in [0.25, 0.3) is 5.69 Å². The lowest BCUT2D eigenvalue weighted by molar-refractivity contribution is -0.393. The number of anilines is 1. The van der Waals surface area contributed by atoms with Crippen LogP contribution < -0.4 is 5.43 Å². The Bertz CT molecular complexity index is 731. The number of nitrogens with one attached hydrogen (secondary N) is 1. The molecule has 0 aliphatic carbocycles. The topological polar surface area (TPSA) is 137 Å². The number of carbonyl (C=O) groups is 1. The first kappa shape index (κ1) is 20.0. The maximum atomic E-state index is 11.3. The largest absolute Gasteiger partial charge is 0.453 e. The highest BCUT2D eigenvalue weighted by Crippen LogP contribution is 2.30. The molecule has 0 aliphatic heterocycles. The van der Waals surface area contributed by atoms with Crippen LogP contribution in [0.2, 0.25) is 0 Å². The summed E-state index contributed by atoms with van der Waals surface area (Å²) in [6.45, 7) is 8.27. The van der Waals surface area contributed by atoms with Gasteiger partial charge in [0.05, 0.1) is 21.6 Å². The number of carbonyl (C=O) groups excluding carboxylic acids is 1. The minimum Gasteiger partial charge on any atom is -0.453 e. The molecule has 1 aromatic rings. The van der Waals surface area contributed by atoms with Gasteiger partial charge in [0.15, 0.2) is 5.60 Å². The zero-order valence-electron chi connectivity index (χ0n) is 14.6.